The van der Waals surface area contributed by atoms with Crippen LogP contribution in [0, 0.1) is 0 Å². The van der Waals surface area contributed by atoms with Gasteiger partial charge in [0, 0.05) is 22.2 Å². The third-order valence-corrected chi connectivity index (χ3v) is 5.56. The van der Waals surface area contributed by atoms with Crippen LogP contribution in [0.15, 0.2) is 53.9 Å². The average Bonchev–Trinajstić information content (AvgIpc) is 3.27. The van der Waals surface area contributed by atoms with E-state index in [9.17, 15) is 13.2 Å². The zero-order valence-corrected chi connectivity index (χ0v) is 17.6. The van der Waals surface area contributed by atoms with Crippen LogP contribution in [0.25, 0.3) is 16.2 Å². The molecule has 4 aromatic rings. The molecule has 0 unspecified atom stereocenters. The monoisotopic (exact) mass is 443 g/mol. The summed E-state index contributed by atoms with van der Waals surface area (Å²) in [5, 5.41) is 8.98. The van der Waals surface area contributed by atoms with E-state index in [1.807, 2.05) is 29.6 Å². The number of methoxy groups -OCH3 is 1. The number of anilines is 2. The molecule has 4 rings (SSSR count). The molecular weight excluding hydrogens is 426 g/mol. The Morgan fingerprint density at radius 3 is 2.57 bits per heavy atom. The minimum atomic E-state index is -3.38. The molecule has 2 aromatic heterocycles. The molecule has 2 heterocycles. The number of benzene rings is 2. The highest BCUT2D eigenvalue weighted by Crippen LogP contribution is 2.32. The average molecular weight is 444 g/mol. The molecule has 0 saturated carbocycles. The summed E-state index contributed by atoms with van der Waals surface area (Å²) in [7, 11) is -1.78. The first-order valence-electron chi connectivity index (χ1n) is 8.71. The highest BCUT2D eigenvalue weighted by Gasteiger charge is 2.16. The summed E-state index contributed by atoms with van der Waals surface area (Å²) in [6, 6.07) is 13.6. The topological polar surface area (TPSA) is 115 Å². The van der Waals surface area contributed by atoms with Gasteiger partial charge in [0.2, 0.25) is 15.0 Å². The molecule has 0 fully saturated rings. The van der Waals surface area contributed by atoms with Gasteiger partial charge in [0.25, 0.3) is 11.9 Å². The fourth-order valence-corrected chi connectivity index (χ4v) is 4.24. The number of aromatic nitrogens is 3. The quantitative estimate of drug-likeness (QED) is 0.473. The number of sulfonamides is 1. The van der Waals surface area contributed by atoms with Gasteiger partial charge in [-0.05, 0) is 36.4 Å². The van der Waals surface area contributed by atoms with Crippen LogP contribution in [-0.2, 0) is 10.0 Å². The maximum Gasteiger partial charge on any atom is 0.258 e. The van der Waals surface area contributed by atoms with Crippen LogP contribution in [0.2, 0.25) is 0 Å². The van der Waals surface area contributed by atoms with E-state index in [0.717, 1.165) is 17.5 Å². The van der Waals surface area contributed by atoms with Crippen LogP contribution in [-0.4, -0.2) is 42.3 Å². The van der Waals surface area contributed by atoms with Gasteiger partial charge >= 0.3 is 0 Å². The Kier molecular flexibility index (Phi) is 5.14. The molecule has 2 aromatic carbocycles. The summed E-state index contributed by atoms with van der Waals surface area (Å²) in [5.41, 5.74) is 2.38. The number of fused-ring (bicyclic) bond motifs is 1. The lowest BCUT2D eigenvalue weighted by molar-refractivity contribution is 0.102. The van der Waals surface area contributed by atoms with Gasteiger partial charge in [-0.25, -0.2) is 12.9 Å². The van der Waals surface area contributed by atoms with Crippen LogP contribution >= 0.6 is 11.3 Å². The van der Waals surface area contributed by atoms with Gasteiger partial charge in [-0.3, -0.25) is 14.8 Å². The molecule has 0 aliphatic heterocycles. The highest BCUT2D eigenvalue weighted by atomic mass is 32.2. The van der Waals surface area contributed by atoms with Crippen molar-refractivity contribution in [1.29, 1.82) is 0 Å². The molecule has 30 heavy (non-hydrogen) atoms. The molecule has 0 aliphatic rings. The van der Waals surface area contributed by atoms with Gasteiger partial charge in [0.1, 0.15) is 5.75 Å². The van der Waals surface area contributed by atoms with Crippen LogP contribution in [0.4, 0.5) is 11.6 Å². The molecule has 0 spiro atoms. The fraction of sp³-hybridized carbons (Fsp3) is 0.105. The van der Waals surface area contributed by atoms with Crippen LogP contribution < -0.4 is 14.8 Å². The molecule has 0 aliphatic carbocycles. The Labute approximate surface area is 176 Å². The first-order chi connectivity index (χ1) is 14.3. The van der Waals surface area contributed by atoms with Crippen molar-refractivity contribution in [3.8, 4) is 17.0 Å². The maximum atomic E-state index is 12.5. The first-order valence-corrected chi connectivity index (χ1v) is 11.5. The van der Waals surface area contributed by atoms with Gasteiger partial charge in [-0.2, -0.15) is 4.98 Å². The number of nitrogens with one attached hydrogen (secondary N) is 2. The minimum Gasteiger partial charge on any atom is -0.496 e. The number of nitrogens with zero attached hydrogens (tertiary/aromatic N) is 3. The van der Waals surface area contributed by atoms with Crippen molar-refractivity contribution in [1.82, 2.24) is 14.6 Å². The molecule has 1 amide bonds. The van der Waals surface area contributed by atoms with E-state index in [-0.39, 0.29) is 5.95 Å². The molecule has 0 radical (unpaired) electrons. The van der Waals surface area contributed by atoms with Crippen molar-refractivity contribution in [2.75, 3.05) is 23.4 Å². The first kappa shape index (κ1) is 19.9. The molecular formula is C19H17N5O4S2. The second-order valence-corrected chi connectivity index (χ2v) is 8.94. The highest BCUT2D eigenvalue weighted by molar-refractivity contribution is 7.92. The van der Waals surface area contributed by atoms with Gasteiger partial charge in [0.05, 0.1) is 19.1 Å². The Balaban J connectivity index is 1.56. The van der Waals surface area contributed by atoms with E-state index in [4.69, 9.17) is 4.74 Å². The molecule has 9 nitrogen and oxygen atoms in total. The predicted octanol–water partition coefficient (Wildman–Crippen LogP) is 3.09. The minimum absolute atomic E-state index is 0.168. The molecule has 0 bridgehead atoms. The number of carbonyl (C=O) groups is 1. The SMILES string of the molecule is COc1ccccc1-c1csc2nc(NC(=O)c3ccc(NS(C)(=O)=O)cc3)nn12. The zero-order valence-electron chi connectivity index (χ0n) is 16.0. The molecule has 0 saturated heterocycles. The van der Waals surface area contributed by atoms with Gasteiger partial charge in [-0.1, -0.05) is 12.1 Å². The van der Waals surface area contributed by atoms with Gasteiger partial charge < -0.3 is 4.74 Å². The summed E-state index contributed by atoms with van der Waals surface area (Å²) in [5.74, 6) is 0.473. The number of hydrogen-bond donors (Lipinski definition) is 2. The van der Waals surface area contributed by atoms with Gasteiger partial charge in [0.15, 0.2) is 0 Å². The summed E-state index contributed by atoms with van der Waals surface area (Å²) >= 11 is 1.40. The van der Waals surface area contributed by atoms with E-state index in [1.165, 1.54) is 35.6 Å². The summed E-state index contributed by atoms with van der Waals surface area (Å²) in [6.07, 6.45) is 1.06. The summed E-state index contributed by atoms with van der Waals surface area (Å²) in [6.45, 7) is 0. The lowest BCUT2D eigenvalue weighted by Gasteiger charge is -2.06. The maximum absolute atomic E-state index is 12.5. The zero-order chi connectivity index (χ0) is 21.3. The Morgan fingerprint density at radius 2 is 1.87 bits per heavy atom. The van der Waals surface area contributed by atoms with Crippen molar-refractivity contribution in [3.63, 3.8) is 0 Å². The number of amides is 1. The summed E-state index contributed by atoms with van der Waals surface area (Å²) < 4.78 is 32.0. The number of hydrogen-bond acceptors (Lipinski definition) is 7. The molecule has 154 valence electrons. The second kappa shape index (κ2) is 7.76. The normalized spacial score (nSPS) is 11.4. The van der Waals surface area contributed by atoms with E-state index < -0.39 is 15.9 Å². The molecule has 0 atom stereocenters. The standard InChI is InChI=1S/C19H17N5O4S2/c1-28-16-6-4-3-5-14(16)15-11-29-19-21-18(22-24(15)19)20-17(25)12-7-9-13(10-8-12)23-30(2,26)27/h3-11,23H,1-2H3,(H,20,22,25). The number of thiazole rings is 1. The van der Waals surface area contributed by atoms with Crippen LogP contribution in [0.3, 0.4) is 0 Å². The van der Waals surface area contributed by atoms with Gasteiger partial charge in [-0.15, -0.1) is 16.4 Å². The number of carbonyl (C=O) groups excluding carboxylic acids is 1. The third-order valence-electron chi connectivity index (χ3n) is 4.14. The van der Waals surface area contributed by atoms with Crippen molar-refractivity contribution < 1.29 is 17.9 Å². The van der Waals surface area contributed by atoms with E-state index >= 15 is 0 Å². The Bertz CT molecular complexity index is 1330. The predicted molar refractivity (Wildman–Crippen MR) is 116 cm³/mol. The van der Waals surface area contributed by atoms with Crippen molar-refractivity contribution >= 4 is 43.9 Å². The third kappa shape index (κ3) is 4.11. The second-order valence-electron chi connectivity index (χ2n) is 6.36. The Morgan fingerprint density at radius 1 is 1.13 bits per heavy atom. The lowest BCUT2D eigenvalue weighted by atomic mass is 10.1. The summed E-state index contributed by atoms with van der Waals surface area (Å²) in [4.78, 5) is 17.5. The van der Waals surface area contributed by atoms with E-state index in [1.54, 1.807) is 11.6 Å². The van der Waals surface area contributed by atoms with Crippen molar-refractivity contribution in [2.24, 2.45) is 0 Å². The largest absolute Gasteiger partial charge is 0.496 e. The van der Waals surface area contributed by atoms with Crippen molar-refractivity contribution in [3.05, 3.63) is 59.5 Å². The lowest BCUT2D eigenvalue weighted by Crippen LogP contribution is -2.14. The molecule has 2 N–H and O–H groups in total. The van der Waals surface area contributed by atoms with E-state index in [2.05, 4.69) is 20.1 Å². The number of ether oxygens (including phenoxy) is 1. The molecule has 11 heteroatoms. The van der Waals surface area contributed by atoms with Crippen molar-refractivity contribution in [2.45, 2.75) is 0 Å². The fourth-order valence-electron chi connectivity index (χ4n) is 2.85. The van der Waals surface area contributed by atoms with Crippen LogP contribution in [0.5, 0.6) is 5.75 Å². The smallest absolute Gasteiger partial charge is 0.258 e. The number of rotatable bonds is 6. The Hall–Kier alpha value is -3.44. The van der Waals surface area contributed by atoms with Crippen LogP contribution in [0.1, 0.15) is 10.4 Å². The number of para-hydroxylation sites is 1. The van der Waals surface area contributed by atoms with E-state index in [0.29, 0.717) is 22.0 Å².